The second-order valence-corrected chi connectivity index (χ2v) is 13.8. The summed E-state index contributed by atoms with van der Waals surface area (Å²) in [6, 6.07) is 68.6. The number of fused-ring (bicyclic) bond motifs is 1. The summed E-state index contributed by atoms with van der Waals surface area (Å²) in [4.78, 5) is 2.30. The van der Waals surface area contributed by atoms with Gasteiger partial charge in [0, 0.05) is 28.2 Å². The molecule has 4 heteroatoms. The van der Waals surface area contributed by atoms with Crippen LogP contribution in [0.2, 0.25) is 0 Å². The molecule has 55 heavy (non-hydrogen) atoms. The van der Waals surface area contributed by atoms with Crippen LogP contribution < -0.4 is 4.90 Å². The minimum Gasteiger partial charge on any atom is -0.416 e. The lowest BCUT2D eigenvalue weighted by atomic mass is 9.87. The summed E-state index contributed by atoms with van der Waals surface area (Å²) in [6.45, 7) is 2.24. The molecule has 0 unspecified atom stereocenters. The quantitative estimate of drug-likeness (QED) is 0.142. The first-order valence-electron chi connectivity index (χ1n) is 18.9. The van der Waals surface area contributed by atoms with Crippen LogP contribution in [0.15, 0.2) is 199 Å². The van der Waals surface area contributed by atoms with Gasteiger partial charge in [0.1, 0.15) is 0 Å². The van der Waals surface area contributed by atoms with Gasteiger partial charge in [-0.1, -0.05) is 147 Å². The molecule has 0 saturated carbocycles. The monoisotopic (exact) mass is 709 g/mol. The molecule has 0 bridgehead atoms. The van der Waals surface area contributed by atoms with Crippen LogP contribution in [-0.4, -0.2) is 10.2 Å². The first kappa shape index (κ1) is 33.8. The van der Waals surface area contributed by atoms with Crippen LogP contribution in [0.25, 0.3) is 67.1 Å². The van der Waals surface area contributed by atoms with Gasteiger partial charge in [-0.25, -0.2) is 0 Å². The molecule has 4 nitrogen and oxygen atoms in total. The number of aromatic nitrogens is 2. The van der Waals surface area contributed by atoms with E-state index in [1.807, 2.05) is 18.2 Å². The average Bonchev–Trinajstić information content (AvgIpc) is 3.76. The molecule has 0 radical (unpaired) electrons. The summed E-state index contributed by atoms with van der Waals surface area (Å²) in [7, 11) is 0. The second kappa shape index (κ2) is 15.1. The number of anilines is 3. The van der Waals surface area contributed by atoms with E-state index in [4.69, 9.17) is 4.42 Å². The third-order valence-corrected chi connectivity index (χ3v) is 10.2. The SMILES string of the molecule is CCCc1ccc(-c2ccccc2-c2ccc(-c3nnc(-c4ccc5ccccc5c4)o3)cc2)c(-c2ccc(N(c3ccccc3)c3ccccc3)cc2)c1. The molecule has 9 aromatic rings. The summed E-state index contributed by atoms with van der Waals surface area (Å²) in [5.74, 6) is 1.01. The Kier molecular flexibility index (Phi) is 9.29. The predicted octanol–water partition coefficient (Wildman–Crippen LogP) is 14.0. The summed E-state index contributed by atoms with van der Waals surface area (Å²) in [5.41, 5.74) is 13.5. The van der Waals surface area contributed by atoms with Crippen molar-refractivity contribution in [1.82, 2.24) is 10.2 Å². The van der Waals surface area contributed by atoms with E-state index in [2.05, 4.69) is 198 Å². The van der Waals surface area contributed by atoms with Crippen molar-refractivity contribution in [2.45, 2.75) is 19.8 Å². The Bertz CT molecular complexity index is 2660. The maximum Gasteiger partial charge on any atom is 0.248 e. The lowest BCUT2D eigenvalue weighted by molar-refractivity contribution is 0.584. The average molecular weight is 710 g/mol. The highest BCUT2D eigenvalue weighted by molar-refractivity contribution is 5.93. The molecule has 0 aliphatic heterocycles. The van der Waals surface area contributed by atoms with E-state index >= 15 is 0 Å². The summed E-state index contributed by atoms with van der Waals surface area (Å²) < 4.78 is 6.19. The molecule has 1 aromatic heterocycles. The third-order valence-electron chi connectivity index (χ3n) is 10.2. The molecular formula is C51H39N3O. The third kappa shape index (κ3) is 6.94. The topological polar surface area (TPSA) is 42.2 Å². The molecule has 0 saturated heterocycles. The van der Waals surface area contributed by atoms with Crippen LogP contribution in [0.3, 0.4) is 0 Å². The van der Waals surface area contributed by atoms with Gasteiger partial charge >= 0.3 is 0 Å². The number of nitrogens with zero attached hydrogens (tertiary/aromatic N) is 3. The fourth-order valence-corrected chi connectivity index (χ4v) is 7.44. The molecule has 0 spiro atoms. The summed E-state index contributed by atoms with van der Waals surface area (Å²) in [5, 5.41) is 11.1. The van der Waals surface area contributed by atoms with Gasteiger partial charge in [0.05, 0.1) is 0 Å². The number of para-hydroxylation sites is 2. The number of benzene rings is 8. The number of aryl methyl sites for hydroxylation is 1. The van der Waals surface area contributed by atoms with Gasteiger partial charge in [0.25, 0.3) is 0 Å². The Morgan fingerprint density at radius 2 is 0.909 bits per heavy atom. The Morgan fingerprint density at radius 3 is 1.60 bits per heavy atom. The van der Waals surface area contributed by atoms with Crippen molar-refractivity contribution in [1.29, 1.82) is 0 Å². The highest BCUT2D eigenvalue weighted by Gasteiger charge is 2.17. The van der Waals surface area contributed by atoms with Crippen LogP contribution in [0.5, 0.6) is 0 Å². The fraction of sp³-hybridized carbons (Fsp3) is 0.0588. The first-order valence-corrected chi connectivity index (χ1v) is 18.9. The Morgan fingerprint density at radius 1 is 0.400 bits per heavy atom. The summed E-state index contributed by atoms with van der Waals surface area (Å²) >= 11 is 0. The van der Waals surface area contributed by atoms with E-state index in [9.17, 15) is 0 Å². The molecule has 0 fully saturated rings. The number of rotatable bonds is 10. The van der Waals surface area contributed by atoms with Crippen molar-refractivity contribution in [2.24, 2.45) is 0 Å². The van der Waals surface area contributed by atoms with Crippen molar-refractivity contribution in [2.75, 3.05) is 4.90 Å². The van der Waals surface area contributed by atoms with Crippen molar-refractivity contribution in [3.63, 3.8) is 0 Å². The molecule has 0 aliphatic carbocycles. The zero-order chi connectivity index (χ0) is 37.0. The zero-order valence-corrected chi connectivity index (χ0v) is 30.6. The van der Waals surface area contributed by atoms with E-state index in [1.165, 1.54) is 33.2 Å². The van der Waals surface area contributed by atoms with E-state index in [0.717, 1.165) is 57.5 Å². The van der Waals surface area contributed by atoms with Crippen molar-refractivity contribution < 1.29 is 4.42 Å². The molecule has 264 valence electrons. The van der Waals surface area contributed by atoms with Crippen LogP contribution in [0.1, 0.15) is 18.9 Å². The maximum absolute atomic E-state index is 6.19. The highest BCUT2D eigenvalue weighted by atomic mass is 16.4. The predicted molar refractivity (Wildman–Crippen MR) is 228 cm³/mol. The lowest BCUT2D eigenvalue weighted by Crippen LogP contribution is -2.09. The normalized spacial score (nSPS) is 11.1. The van der Waals surface area contributed by atoms with Gasteiger partial charge in [0.15, 0.2) is 0 Å². The minimum absolute atomic E-state index is 0.498. The van der Waals surface area contributed by atoms with Gasteiger partial charge < -0.3 is 9.32 Å². The molecule has 9 rings (SSSR count). The van der Waals surface area contributed by atoms with Crippen LogP contribution in [-0.2, 0) is 6.42 Å². The lowest BCUT2D eigenvalue weighted by Gasteiger charge is -2.25. The van der Waals surface area contributed by atoms with Crippen LogP contribution >= 0.6 is 0 Å². The van der Waals surface area contributed by atoms with Crippen molar-refractivity contribution in [3.8, 4) is 56.3 Å². The number of hydrogen-bond donors (Lipinski definition) is 0. The van der Waals surface area contributed by atoms with Gasteiger partial charge in [0.2, 0.25) is 11.8 Å². The van der Waals surface area contributed by atoms with E-state index in [1.54, 1.807) is 0 Å². The Balaban J connectivity index is 1.05. The van der Waals surface area contributed by atoms with Gasteiger partial charge in [-0.05, 0) is 117 Å². The largest absolute Gasteiger partial charge is 0.416 e. The van der Waals surface area contributed by atoms with E-state index < -0.39 is 0 Å². The molecule has 1 heterocycles. The van der Waals surface area contributed by atoms with Crippen LogP contribution in [0, 0.1) is 0 Å². The van der Waals surface area contributed by atoms with Gasteiger partial charge in [-0.3, -0.25) is 0 Å². The van der Waals surface area contributed by atoms with Gasteiger partial charge in [-0.15, -0.1) is 10.2 Å². The highest BCUT2D eigenvalue weighted by Crippen LogP contribution is 2.41. The molecule has 0 amide bonds. The molecular weight excluding hydrogens is 671 g/mol. The minimum atomic E-state index is 0.498. The number of hydrogen-bond acceptors (Lipinski definition) is 4. The summed E-state index contributed by atoms with van der Waals surface area (Å²) in [6.07, 6.45) is 2.12. The maximum atomic E-state index is 6.19. The van der Waals surface area contributed by atoms with E-state index in [-0.39, 0.29) is 0 Å². The molecule has 8 aromatic carbocycles. The van der Waals surface area contributed by atoms with Crippen molar-refractivity contribution >= 4 is 27.8 Å². The molecule has 0 aliphatic rings. The molecule has 0 atom stereocenters. The van der Waals surface area contributed by atoms with Gasteiger partial charge in [-0.2, -0.15) is 0 Å². The van der Waals surface area contributed by atoms with E-state index in [0.29, 0.717) is 11.8 Å². The Hall–Kier alpha value is -7.04. The second-order valence-electron chi connectivity index (χ2n) is 13.8. The standard InChI is InChI=1S/C51H39N3O/c1-2-13-36-22-33-48(49(34-36)39-29-31-45(32-30-39)54(43-16-5-3-6-17-43)44-18-7-4-8-19-44)47-21-12-11-20-46(47)38-24-26-40(27-25-38)50-52-53-51(55-50)42-28-23-37-14-9-10-15-41(37)35-42/h3-12,14-35H,2,13H2,1H3. The molecule has 0 N–H and O–H groups in total. The Labute approximate surface area is 322 Å². The zero-order valence-electron chi connectivity index (χ0n) is 30.6. The van der Waals surface area contributed by atoms with Crippen molar-refractivity contribution in [3.05, 3.63) is 200 Å². The fourth-order valence-electron chi connectivity index (χ4n) is 7.44. The first-order chi connectivity index (χ1) is 27.2. The van der Waals surface area contributed by atoms with Crippen LogP contribution in [0.4, 0.5) is 17.1 Å². The smallest absolute Gasteiger partial charge is 0.248 e.